The fourth-order valence-electron chi connectivity index (χ4n) is 4.12. The van der Waals surface area contributed by atoms with Crippen molar-refractivity contribution in [1.29, 1.82) is 0 Å². The van der Waals surface area contributed by atoms with Crippen molar-refractivity contribution in [3.63, 3.8) is 0 Å². The van der Waals surface area contributed by atoms with Crippen molar-refractivity contribution in [2.45, 2.75) is 43.4 Å². The van der Waals surface area contributed by atoms with Gasteiger partial charge in [0.15, 0.2) is 5.96 Å². The maximum Gasteiger partial charge on any atom is 0.191 e. The van der Waals surface area contributed by atoms with E-state index >= 15 is 0 Å². The highest BCUT2D eigenvalue weighted by Crippen LogP contribution is 2.33. The van der Waals surface area contributed by atoms with Gasteiger partial charge in [-0.25, -0.2) is 4.39 Å². The van der Waals surface area contributed by atoms with Gasteiger partial charge in [0.1, 0.15) is 5.82 Å². The summed E-state index contributed by atoms with van der Waals surface area (Å²) < 4.78 is 19.2. The second-order valence-electron chi connectivity index (χ2n) is 7.79. The molecular weight excluding hydrogens is 502 g/mol. The molecule has 0 aromatic heterocycles. The second kappa shape index (κ2) is 11.6. The minimum absolute atomic E-state index is 0. The molecule has 0 amide bonds. The number of guanidine groups is 1. The molecule has 164 valence electrons. The SMILES string of the molecule is CN=C(NCC1(SC)CCOCC1)NC1CCCN(c2ccc(F)cc2C)C1.I. The molecule has 3 rings (SSSR count). The molecule has 2 fully saturated rings. The Labute approximate surface area is 195 Å². The summed E-state index contributed by atoms with van der Waals surface area (Å²) in [6.45, 7) is 6.45. The van der Waals surface area contributed by atoms with Crippen molar-refractivity contribution in [3.8, 4) is 0 Å². The van der Waals surface area contributed by atoms with Gasteiger partial charge in [-0.15, -0.1) is 24.0 Å². The van der Waals surface area contributed by atoms with Gasteiger partial charge in [0.2, 0.25) is 0 Å². The number of nitrogens with zero attached hydrogens (tertiary/aromatic N) is 2. The number of benzene rings is 1. The zero-order chi connectivity index (χ0) is 20.0. The molecule has 2 aliphatic heterocycles. The van der Waals surface area contributed by atoms with Crippen LogP contribution in [-0.2, 0) is 4.74 Å². The lowest BCUT2D eigenvalue weighted by molar-refractivity contribution is 0.0782. The predicted molar refractivity (Wildman–Crippen MR) is 133 cm³/mol. The van der Waals surface area contributed by atoms with Crippen molar-refractivity contribution >= 4 is 47.4 Å². The van der Waals surface area contributed by atoms with Gasteiger partial charge in [-0.2, -0.15) is 11.8 Å². The first kappa shape index (κ1) is 24.5. The number of anilines is 1. The van der Waals surface area contributed by atoms with Crippen molar-refractivity contribution in [2.24, 2.45) is 4.99 Å². The van der Waals surface area contributed by atoms with Gasteiger partial charge in [-0.3, -0.25) is 4.99 Å². The number of piperidine rings is 1. The molecule has 0 aliphatic carbocycles. The van der Waals surface area contributed by atoms with Crippen molar-refractivity contribution in [3.05, 3.63) is 29.6 Å². The molecule has 2 aliphatic rings. The van der Waals surface area contributed by atoms with Crippen LogP contribution in [0.15, 0.2) is 23.2 Å². The Morgan fingerprint density at radius 2 is 2.14 bits per heavy atom. The molecule has 1 aromatic carbocycles. The van der Waals surface area contributed by atoms with Crippen LogP contribution < -0.4 is 15.5 Å². The quantitative estimate of drug-likeness (QED) is 0.341. The van der Waals surface area contributed by atoms with Crippen LogP contribution in [0.25, 0.3) is 0 Å². The molecule has 2 heterocycles. The summed E-state index contributed by atoms with van der Waals surface area (Å²) in [6.07, 6.45) is 6.54. The Morgan fingerprint density at radius 1 is 1.38 bits per heavy atom. The summed E-state index contributed by atoms with van der Waals surface area (Å²) in [5.41, 5.74) is 2.11. The maximum absolute atomic E-state index is 13.4. The van der Waals surface area contributed by atoms with Gasteiger partial charge in [-0.1, -0.05) is 0 Å². The number of ether oxygens (including phenoxy) is 1. The number of aryl methyl sites for hydroxylation is 1. The van der Waals surface area contributed by atoms with Gasteiger partial charge in [0.25, 0.3) is 0 Å². The fraction of sp³-hybridized carbons (Fsp3) is 0.667. The highest BCUT2D eigenvalue weighted by molar-refractivity contribution is 14.0. The van der Waals surface area contributed by atoms with Crippen molar-refractivity contribution in [2.75, 3.05) is 51.1 Å². The van der Waals surface area contributed by atoms with Crippen LogP contribution >= 0.6 is 35.7 Å². The lowest BCUT2D eigenvalue weighted by Crippen LogP contribution is -2.54. The average molecular weight is 536 g/mol. The number of thioether (sulfide) groups is 1. The average Bonchev–Trinajstić information content (AvgIpc) is 2.72. The Morgan fingerprint density at radius 3 is 2.79 bits per heavy atom. The van der Waals surface area contributed by atoms with Crippen LogP contribution in [-0.4, -0.2) is 62.9 Å². The number of hydrogen-bond donors (Lipinski definition) is 2. The van der Waals surface area contributed by atoms with Crippen LogP contribution in [0.3, 0.4) is 0 Å². The summed E-state index contributed by atoms with van der Waals surface area (Å²) in [4.78, 5) is 6.80. The molecule has 0 radical (unpaired) electrons. The molecule has 2 saturated heterocycles. The zero-order valence-electron chi connectivity index (χ0n) is 17.7. The highest BCUT2D eigenvalue weighted by atomic mass is 127. The smallest absolute Gasteiger partial charge is 0.191 e. The monoisotopic (exact) mass is 536 g/mol. The summed E-state index contributed by atoms with van der Waals surface area (Å²) in [7, 11) is 1.83. The Kier molecular flexibility index (Phi) is 9.81. The number of nitrogens with one attached hydrogen (secondary N) is 2. The standard InChI is InChI=1S/C21H33FN4OS.HI/c1-16-13-17(22)6-7-19(16)26-10-4-5-18(14-26)25-20(23-2)24-15-21(28-3)8-11-27-12-9-21;/h6-7,13,18H,4-5,8-12,14-15H2,1-3H3,(H2,23,24,25);1H. The van der Waals surface area contributed by atoms with Gasteiger partial charge >= 0.3 is 0 Å². The van der Waals surface area contributed by atoms with E-state index in [1.54, 1.807) is 12.1 Å². The van der Waals surface area contributed by atoms with E-state index in [1.807, 2.05) is 31.8 Å². The minimum Gasteiger partial charge on any atom is -0.381 e. The molecule has 1 atom stereocenters. The number of rotatable bonds is 5. The van der Waals surface area contributed by atoms with E-state index in [-0.39, 0.29) is 34.5 Å². The molecule has 8 heteroatoms. The van der Waals surface area contributed by atoms with Gasteiger partial charge in [0, 0.05) is 56.4 Å². The Balaban J connectivity index is 0.00000300. The van der Waals surface area contributed by atoms with Gasteiger partial charge < -0.3 is 20.3 Å². The van der Waals surface area contributed by atoms with Gasteiger partial charge in [0.05, 0.1) is 0 Å². The van der Waals surface area contributed by atoms with Crippen LogP contribution in [0, 0.1) is 12.7 Å². The van der Waals surface area contributed by atoms with Gasteiger partial charge in [-0.05, 0) is 62.6 Å². The zero-order valence-corrected chi connectivity index (χ0v) is 20.8. The summed E-state index contributed by atoms with van der Waals surface area (Å²) >= 11 is 1.93. The number of halogens is 2. The minimum atomic E-state index is -0.173. The van der Waals surface area contributed by atoms with E-state index in [4.69, 9.17) is 4.74 Å². The summed E-state index contributed by atoms with van der Waals surface area (Å²) in [5, 5.41) is 7.15. The normalized spacial score (nSPS) is 22.0. The molecule has 29 heavy (non-hydrogen) atoms. The Hall–Kier alpha value is -0.740. The number of aliphatic imine (C=N–C) groups is 1. The molecule has 0 bridgehead atoms. The van der Waals surface area contributed by atoms with Crippen LogP contribution in [0.4, 0.5) is 10.1 Å². The largest absolute Gasteiger partial charge is 0.381 e. The molecule has 0 saturated carbocycles. The van der Waals surface area contributed by atoms with Crippen molar-refractivity contribution in [1.82, 2.24) is 10.6 Å². The second-order valence-corrected chi connectivity index (χ2v) is 9.06. The number of hydrogen-bond acceptors (Lipinski definition) is 4. The highest BCUT2D eigenvalue weighted by Gasteiger charge is 2.32. The van der Waals surface area contributed by atoms with Crippen LogP contribution in [0.5, 0.6) is 0 Å². The third kappa shape index (κ3) is 6.62. The molecule has 5 nitrogen and oxygen atoms in total. The van der Waals surface area contributed by atoms with Crippen LogP contribution in [0.1, 0.15) is 31.2 Å². The predicted octanol–water partition coefficient (Wildman–Crippen LogP) is 3.80. The van der Waals surface area contributed by atoms with E-state index in [9.17, 15) is 4.39 Å². The Bertz CT molecular complexity index is 685. The lowest BCUT2D eigenvalue weighted by Gasteiger charge is -2.38. The first-order valence-electron chi connectivity index (χ1n) is 10.2. The molecule has 1 aromatic rings. The maximum atomic E-state index is 13.4. The summed E-state index contributed by atoms with van der Waals surface area (Å²) in [5.74, 6) is 0.691. The van der Waals surface area contributed by atoms with E-state index < -0.39 is 0 Å². The molecule has 1 unspecified atom stereocenters. The molecule has 2 N–H and O–H groups in total. The van der Waals surface area contributed by atoms with Crippen LogP contribution in [0.2, 0.25) is 0 Å². The first-order valence-corrected chi connectivity index (χ1v) is 11.4. The van der Waals surface area contributed by atoms with E-state index in [0.717, 1.165) is 75.7 Å². The topological polar surface area (TPSA) is 48.9 Å². The third-order valence-electron chi connectivity index (χ3n) is 5.90. The van der Waals surface area contributed by atoms with Crippen molar-refractivity contribution < 1.29 is 9.13 Å². The molecule has 0 spiro atoms. The molecular formula is C21H34FIN4OS. The lowest BCUT2D eigenvalue weighted by atomic mass is 9.99. The van der Waals surface area contributed by atoms with E-state index in [2.05, 4.69) is 26.8 Å². The summed E-state index contributed by atoms with van der Waals surface area (Å²) in [6, 6.07) is 5.38. The fourth-order valence-corrected chi connectivity index (χ4v) is 4.91. The van der Waals surface area contributed by atoms with E-state index in [0.29, 0.717) is 6.04 Å². The third-order valence-corrected chi connectivity index (χ3v) is 7.32. The first-order chi connectivity index (χ1) is 13.5. The van der Waals surface area contributed by atoms with E-state index in [1.165, 1.54) is 0 Å².